The maximum absolute atomic E-state index is 12.5. The van der Waals surface area contributed by atoms with Crippen LogP contribution in [-0.2, 0) is 0 Å². The molecule has 1 unspecified atom stereocenters. The number of carbonyl (C=O) groups excluding carboxylic acids is 1. The number of likely N-dealkylation sites (tertiary alicyclic amines) is 1. The van der Waals surface area contributed by atoms with E-state index in [9.17, 15) is 4.79 Å². The van der Waals surface area contributed by atoms with Crippen LogP contribution in [0.15, 0.2) is 59.6 Å². The van der Waals surface area contributed by atoms with Crippen LogP contribution < -0.4 is 0 Å². The number of aromatic nitrogens is 3. The van der Waals surface area contributed by atoms with Crippen molar-refractivity contribution in [3.8, 4) is 11.4 Å². The fraction of sp³-hybridized carbons (Fsp3) is 0.263. The monoisotopic (exact) mass is 334 g/mol. The summed E-state index contributed by atoms with van der Waals surface area (Å²) in [4.78, 5) is 27.6. The van der Waals surface area contributed by atoms with Crippen molar-refractivity contribution in [1.82, 2.24) is 19.9 Å². The average Bonchev–Trinajstić information content (AvgIpc) is 3.23. The molecule has 0 spiro atoms. The number of amides is 1. The SMILES string of the molecule is O=C(c1ccco1)N1CCCC(c2ccnc(-c3cccnc3)n2)C1. The molecule has 126 valence electrons. The minimum absolute atomic E-state index is 0.0590. The summed E-state index contributed by atoms with van der Waals surface area (Å²) in [5.74, 6) is 1.20. The lowest BCUT2D eigenvalue weighted by Gasteiger charge is -2.32. The van der Waals surface area contributed by atoms with Gasteiger partial charge < -0.3 is 9.32 Å². The van der Waals surface area contributed by atoms with Crippen LogP contribution in [0.4, 0.5) is 0 Å². The van der Waals surface area contributed by atoms with E-state index >= 15 is 0 Å². The second kappa shape index (κ2) is 6.84. The third-order valence-electron chi connectivity index (χ3n) is 4.46. The van der Waals surface area contributed by atoms with Crippen molar-refractivity contribution in [2.24, 2.45) is 0 Å². The summed E-state index contributed by atoms with van der Waals surface area (Å²) in [5, 5.41) is 0. The maximum Gasteiger partial charge on any atom is 0.289 e. The molecule has 1 amide bonds. The molecule has 1 atom stereocenters. The zero-order valence-corrected chi connectivity index (χ0v) is 13.7. The zero-order chi connectivity index (χ0) is 17.1. The largest absolute Gasteiger partial charge is 0.459 e. The number of piperidine rings is 1. The highest BCUT2D eigenvalue weighted by Gasteiger charge is 2.27. The first-order valence-electron chi connectivity index (χ1n) is 8.37. The highest BCUT2D eigenvalue weighted by Crippen LogP contribution is 2.27. The molecule has 1 saturated heterocycles. The maximum atomic E-state index is 12.5. The van der Waals surface area contributed by atoms with Crippen LogP contribution in [0.5, 0.6) is 0 Å². The molecule has 1 fully saturated rings. The van der Waals surface area contributed by atoms with Gasteiger partial charge in [-0.1, -0.05) is 0 Å². The van der Waals surface area contributed by atoms with E-state index in [4.69, 9.17) is 9.40 Å². The van der Waals surface area contributed by atoms with Crippen LogP contribution in [-0.4, -0.2) is 38.8 Å². The predicted molar refractivity (Wildman–Crippen MR) is 91.8 cm³/mol. The first-order chi connectivity index (χ1) is 12.3. The van der Waals surface area contributed by atoms with Gasteiger partial charge in [0.2, 0.25) is 0 Å². The highest BCUT2D eigenvalue weighted by atomic mass is 16.3. The van der Waals surface area contributed by atoms with Crippen LogP contribution in [0.2, 0.25) is 0 Å². The molecule has 0 saturated carbocycles. The van der Waals surface area contributed by atoms with Crippen molar-refractivity contribution in [2.45, 2.75) is 18.8 Å². The fourth-order valence-electron chi connectivity index (χ4n) is 3.19. The second-order valence-corrected chi connectivity index (χ2v) is 6.11. The lowest BCUT2D eigenvalue weighted by molar-refractivity contribution is 0.0673. The first kappa shape index (κ1) is 15.5. The van der Waals surface area contributed by atoms with Gasteiger partial charge in [0, 0.05) is 48.9 Å². The van der Waals surface area contributed by atoms with Crippen molar-refractivity contribution >= 4 is 5.91 Å². The molecule has 6 nitrogen and oxygen atoms in total. The Hall–Kier alpha value is -3.02. The Labute approximate surface area is 145 Å². The van der Waals surface area contributed by atoms with Gasteiger partial charge in [0.15, 0.2) is 11.6 Å². The van der Waals surface area contributed by atoms with Gasteiger partial charge in [-0.25, -0.2) is 9.97 Å². The molecule has 0 aromatic carbocycles. The molecule has 1 aliphatic heterocycles. The lowest BCUT2D eigenvalue weighted by atomic mass is 9.94. The lowest BCUT2D eigenvalue weighted by Crippen LogP contribution is -2.39. The van der Waals surface area contributed by atoms with E-state index in [1.807, 2.05) is 23.1 Å². The Balaban J connectivity index is 1.55. The van der Waals surface area contributed by atoms with Crippen LogP contribution in [0.25, 0.3) is 11.4 Å². The molecule has 0 aliphatic carbocycles. The molecular weight excluding hydrogens is 316 g/mol. The number of carbonyl (C=O) groups is 1. The quantitative estimate of drug-likeness (QED) is 0.736. The summed E-state index contributed by atoms with van der Waals surface area (Å²) in [6.07, 6.45) is 8.74. The molecule has 3 aromatic rings. The van der Waals surface area contributed by atoms with Gasteiger partial charge in [-0.3, -0.25) is 9.78 Å². The van der Waals surface area contributed by atoms with Gasteiger partial charge in [0.1, 0.15) is 0 Å². The molecular formula is C19H18N4O2. The first-order valence-corrected chi connectivity index (χ1v) is 8.37. The molecule has 0 bridgehead atoms. The van der Waals surface area contributed by atoms with Gasteiger partial charge in [-0.15, -0.1) is 0 Å². The molecule has 25 heavy (non-hydrogen) atoms. The molecule has 0 radical (unpaired) electrons. The van der Waals surface area contributed by atoms with Crippen LogP contribution in [0.1, 0.15) is 35.0 Å². The minimum atomic E-state index is -0.0590. The Morgan fingerprint density at radius 2 is 2.16 bits per heavy atom. The summed E-state index contributed by atoms with van der Waals surface area (Å²) in [5.41, 5.74) is 1.86. The predicted octanol–water partition coefficient (Wildman–Crippen LogP) is 3.15. The van der Waals surface area contributed by atoms with Gasteiger partial charge in [0.05, 0.1) is 6.26 Å². The van der Waals surface area contributed by atoms with Gasteiger partial charge in [-0.2, -0.15) is 0 Å². The standard InChI is InChI=1S/C19H18N4O2/c24-19(17-6-3-11-25-17)23-10-2-5-15(13-23)16-7-9-21-18(22-16)14-4-1-8-20-12-14/h1,3-4,6-9,11-12,15H,2,5,10,13H2. The van der Waals surface area contributed by atoms with E-state index < -0.39 is 0 Å². The van der Waals surface area contributed by atoms with Crippen molar-refractivity contribution in [3.05, 3.63) is 66.6 Å². The van der Waals surface area contributed by atoms with Crippen molar-refractivity contribution in [3.63, 3.8) is 0 Å². The fourth-order valence-corrected chi connectivity index (χ4v) is 3.19. The number of hydrogen-bond acceptors (Lipinski definition) is 5. The van der Waals surface area contributed by atoms with Crippen LogP contribution in [0.3, 0.4) is 0 Å². The Morgan fingerprint density at radius 1 is 1.20 bits per heavy atom. The number of hydrogen-bond donors (Lipinski definition) is 0. The third-order valence-corrected chi connectivity index (χ3v) is 4.46. The van der Waals surface area contributed by atoms with E-state index in [1.54, 1.807) is 30.7 Å². The minimum Gasteiger partial charge on any atom is -0.459 e. The zero-order valence-electron chi connectivity index (χ0n) is 13.7. The average molecular weight is 334 g/mol. The summed E-state index contributed by atoms with van der Waals surface area (Å²) in [6, 6.07) is 9.19. The number of rotatable bonds is 3. The summed E-state index contributed by atoms with van der Waals surface area (Å²) >= 11 is 0. The van der Waals surface area contributed by atoms with Gasteiger partial charge in [0.25, 0.3) is 5.91 Å². The molecule has 0 N–H and O–H groups in total. The molecule has 4 heterocycles. The molecule has 1 aliphatic rings. The summed E-state index contributed by atoms with van der Waals surface area (Å²) in [7, 11) is 0. The van der Waals surface area contributed by atoms with Gasteiger partial charge in [-0.05, 0) is 43.2 Å². The van der Waals surface area contributed by atoms with Crippen LogP contribution >= 0.6 is 0 Å². The third kappa shape index (κ3) is 3.28. The topological polar surface area (TPSA) is 72.1 Å². The molecule has 3 aromatic heterocycles. The number of pyridine rings is 1. The van der Waals surface area contributed by atoms with E-state index in [-0.39, 0.29) is 11.8 Å². The highest BCUT2D eigenvalue weighted by molar-refractivity contribution is 5.91. The van der Waals surface area contributed by atoms with Crippen molar-refractivity contribution in [1.29, 1.82) is 0 Å². The Kier molecular flexibility index (Phi) is 4.24. The van der Waals surface area contributed by atoms with E-state index in [1.165, 1.54) is 6.26 Å². The number of nitrogens with zero attached hydrogens (tertiary/aromatic N) is 4. The van der Waals surface area contributed by atoms with Crippen molar-refractivity contribution < 1.29 is 9.21 Å². The second-order valence-electron chi connectivity index (χ2n) is 6.11. The molecule has 4 rings (SSSR count). The van der Waals surface area contributed by atoms with E-state index in [0.29, 0.717) is 18.1 Å². The Morgan fingerprint density at radius 3 is 2.96 bits per heavy atom. The Bertz CT molecular complexity index is 849. The van der Waals surface area contributed by atoms with E-state index in [0.717, 1.165) is 30.6 Å². The number of furan rings is 1. The molecule has 6 heteroatoms. The van der Waals surface area contributed by atoms with Crippen molar-refractivity contribution in [2.75, 3.05) is 13.1 Å². The smallest absolute Gasteiger partial charge is 0.289 e. The summed E-state index contributed by atoms with van der Waals surface area (Å²) < 4.78 is 5.24. The summed E-state index contributed by atoms with van der Waals surface area (Å²) in [6.45, 7) is 1.39. The van der Waals surface area contributed by atoms with Crippen LogP contribution in [0, 0.1) is 0 Å². The normalized spacial score (nSPS) is 17.4. The van der Waals surface area contributed by atoms with E-state index in [2.05, 4.69) is 9.97 Å². The van der Waals surface area contributed by atoms with Gasteiger partial charge >= 0.3 is 0 Å².